The van der Waals surface area contributed by atoms with Gasteiger partial charge in [0.15, 0.2) is 11.8 Å². The van der Waals surface area contributed by atoms with Gasteiger partial charge in [0, 0.05) is 103 Å². The monoisotopic (exact) mass is 1150 g/mol. The predicted octanol–water partition coefficient (Wildman–Crippen LogP) is 2.38. The molecule has 0 spiro atoms. The van der Waals surface area contributed by atoms with Gasteiger partial charge in [-0.25, -0.2) is 19.6 Å². The molecule has 25 heteroatoms. The van der Waals surface area contributed by atoms with Crippen LogP contribution in [-0.4, -0.2) is 168 Å². The molecule has 1 fully saturated rings. The van der Waals surface area contributed by atoms with E-state index in [0.717, 1.165) is 21.6 Å². The summed E-state index contributed by atoms with van der Waals surface area (Å²) in [5.41, 5.74) is 0.584. The van der Waals surface area contributed by atoms with Crippen molar-refractivity contribution in [2.24, 2.45) is 45.5 Å². The SMILES string of the molecule is CSCCC(CC(=O)C1CSSCC(CC(=O)C(CO)CC(=O)CCC(=S)C2N=C(C(=O)CC(C)C)OC2=O)C(=O)CC(Cc2ccc(O)cc2)C(=O)N2CCCC2C2=NC(C(=O)O2)C(=S)NC(CO)C(=O)C1)C(=O)[O-]. The summed E-state index contributed by atoms with van der Waals surface area (Å²) in [5, 5.41) is 45.7. The van der Waals surface area contributed by atoms with E-state index in [9.17, 15) is 68.4 Å². The number of aliphatic hydroxyl groups excluding tert-OH is 2. The van der Waals surface area contributed by atoms with Gasteiger partial charge in [-0.05, 0) is 67.7 Å². The van der Waals surface area contributed by atoms with Crippen LogP contribution < -0.4 is 10.4 Å². The number of hydrogen-bond acceptors (Lipinski definition) is 23. The predicted molar refractivity (Wildman–Crippen MR) is 290 cm³/mol. The molecule has 20 nitrogen and oxygen atoms in total. The van der Waals surface area contributed by atoms with Gasteiger partial charge < -0.3 is 44.9 Å². The molecule has 0 aromatic heterocycles. The molecule has 5 rings (SSSR count). The maximum Gasteiger partial charge on any atom is 0.344 e. The molecule has 1 aromatic carbocycles. The molecule has 4 aliphatic heterocycles. The van der Waals surface area contributed by atoms with E-state index in [-0.39, 0.29) is 83.5 Å². The highest BCUT2D eigenvalue weighted by Gasteiger charge is 2.44. The van der Waals surface area contributed by atoms with Crippen molar-refractivity contribution in [2.75, 3.05) is 43.3 Å². The molecular formula is C51H63N4O16S5-. The molecule has 1 amide bonds. The van der Waals surface area contributed by atoms with Gasteiger partial charge in [-0.15, -0.1) is 0 Å². The number of carboxylic acids is 1. The first kappa shape index (κ1) is 62.1. The zero-order valence-corrected chi connectivity index (χ0v) is 46.4. The van der Waals surface area contributed by atoms with E-state index in [1.807, 2.05) is 13.8 Å². The maximum atomic E-state index is 14.8. The van der Waals surface area contributed by atoms with Gasteiger partial charge in [0.1, 0.15) is 46.0 Å². The van der Waals surface area contributed by atoms with E-state index < -0.39 is 158 Å². The largest absolute Gasteiger partial charge is 0.550 e. The Bertz CT molecular complexity index is 2470. The summed E-state index contributed by atoms with van der Waals surface area (Å²) in [7, 11) is 2.14. The summed E-state index contributed by atoms with van der Waals surface area (Å²) < 4.78 is 10.6. The highest BCUT2D eigenvalue weighted by atomic mass is 33.1. The number of nitrogens with zero attached hydrogens (tertiary/aromatic N) is 3. The van der Waals surface area contributed by atoms with E-state index in [0.29, 0.717) is 24.2 Å². The number of cyclic esters (lactones) is 1. The van der Waals surface area contributed by atoms with Crippen molar-refractivity contribution in [3.63, 3.8) is 0 Å². The lowest BCUT2D eigenvalue weighted by Gasteiger charge is -2.29. The second-order valence-corrected chi connectivity index (χ2v) is 24.1. The normalized spacial score (nSPS) is 24.7. The number of aliphatic carboxylic acids is 1. The minimum absolute atomic E-state index is 0.00121. The first-order chi connectivity index (χ1) is 36.1. The summed E-state index contributed by atoms with van der Waals surface area (Å²) in [4.78, 5) is 145. The Morgan fingerprint density at radius 2 is 1.62 bits per heavy atom. The van der Waals surface area contributed by atoms with E-state index in [1.54, 1.807) is 18.4 Å². The Morgan fingerprint density at radius 3 is 2.28 bits per heavy atom. The van der Waals surface area contributed by atoms with Crippen molar-refractivity contribution in [3.05, 3.63) is 29.8 Å². The van der Waals surface area contributed by atoms with Crippen LogP contribution in [0.15, 0.2) is 34.3 Å². The Kier molecular flexibility index (Phi) is 24.3. The van der Waals surface area contributed by atoms with E-state index in [1.165, 1.54) is 28.8 Å². The fraction of sp³-hybridized carbons (Fsp3) is 0.608. The van der Waals surface area contributed by atoms with E-state index >= 15 is 0 Å². The topological polar surface area (TPSA) is 313 Å². The number of ether oxygens (including phenoxy) is 2. The van der Waals surface area contributed by atoms with Gasteiger partial charge in [-0.3, -0.25) is 33.6 Å². The number of esters is 2. The first-order valence-electron chi connectivity index (χ1n) is 25.0. The van der Waals surface area contributed by atoms with Crippen molar-refractivity contribution in [1.29, 1.82) is 0 Å². The molecule has 414 valence electrons. The van der Waals surface area contributed by atoms with Crippen molar-refractivity contribution in [3.8, 4) is 5.75 Å². The number of rotatable bonds is 23. The molecule has 9 atom stereocenters. The fourth-order valence-electron chi connectivity index (χ4n) is 9.01. The number of thiocarbonyl (C=S) groups is 2. The Labute approximate surface area is 462 Å². The van der Waals surface area contributed by atoms with Crippen LogP contribution in [0.3, 0.4) is 0 Å². The van der Waals surface area contributed by atoms with Crippen LogP contribution >= 0.6 is 57.8 Å². The molecule has 0 radical (unpaired) electrons. The van der Waals surface area contributed by atoms with E-state index in [4.69, 9.17) is 33.9 Å². The summed E-state index contributed by atoms with van der Waals surface area (Å²) >= 11 is 12.3. The number of carbonyl (C=O) groups excluding carboxylic acids is 10. The minimum Gasteiger partial charge on any atom is -0.550 e. The molecule has 1 saturated heterocycles. The summed E-state index contributed by atoms with van der Waals surface area (Å²) in [6.07, 6.45) is 0.0553. The summed E-state index contributed by atoms with van der Waals surface area (Å²) in [6.45, 7) is 2.22. The van der Waals surface area contributed by atoms with Crippen LogP contribution in [0.5, 0.6) is 5.75 Å². The van der Waals surface area contributed by atoms with Gasteiger partial charge in [-0.1, -0.05) is 72.0 Å². The number of fused-ring (bicyclic) bond motifs is 3. The average molecular weight is 1150 g/mol. The van der Waals surface area contributed by atoms with Crippen LogP contribution in [0, 0.1) is 35.5 Å². The lowest BCUT2D eigenvalue weighted by atomic mass is 9.85. The summed E-state index contributed by atoms with van der Waals surface area (Å²) in [6, 6.07) is 1.01. The van der Waals surface area contributed by atoms with Crippen LogP contribution in [0.4, 0.5) is 0 Å². The van der Waals surface area contributed by atoms with Gasteiger partial charge in [0.25, 0.3) is 5.90 Å². The van der Waals surface area contributed by atoms with Crippen LogP contribution in [0.25, 0.3) is 0 Å². The number of carbonyl (C=O) groups is 10. The third kappa shape index (κ3) is 17.6. The number of benzene rings is 1. The molecule has 0 aliphatic carbocycles. The number of aliphatic hydroxyl groups is 2. The Morgan fingerprint density at radius 1 is 0.908 bits per heavy atom. The zero-order valence-electron chi connectivity index (χ0n) is 42.3. The number of aromatic hydroxyl groups is 1. The number of phenols is 1. The molecule has 0 saturated carbocycles. The smallest absolute Gasteiger partial charge is 0.344 e. The first-order valence-corrected chi connectivity index (χ1v) is 29.7. The second kappa shape index (κ2) is 29.8. The Hall–Kier alpha value is -4.79. The molecule has 4 aliphatic rings. The van der Waals surface area contributed by atoms with E-state index in [2.05, 4.69) is 15.3 Å². The van der Waals surface area contributed by atoms with Crippen molar-refractivity contribution in [2.45, 2.75) is 115 Å². The van der Waals surface area contributed by atoms with Crippen molar-refractivity contribution in [1.82, 2.24) is 10.2 Å². The minimum atomic E-state index is -1.46. The number of amides is 1. The lowest BCUT2D eigenvalue weighted by Crippen LogP contribution is -2.48. The highest BCUT2D eigenvalue weighted by Crippen LogP contribution is 2.34. The fourth-order valence-corrected chi connectivity index (χ4v) is 12.8. The number of Topliss-reactive ketones (excluding diaryl/α,β-unsaturated/α-hetero) is 6. The van der Waals surface area contributed by atoms with Crippen LogP contribution in [0.2, 0.25) is 0 Å². The van der Waals surface area contributed by atoms with Gasteiger partial charge in [-0.2, -0.15) is 11.8 Å². The number of carboxylic acid groups (broad SMARTS) is 1. The van der Waals surface area contributed by atoms with Gasteiger partial charge in [0.2, 0.25) is 23.6 Å². The number of hydrogen-bond donors (Lipinski definition) is 4. The Balaban J connectivity index is 1.43. The van der Waals surface area contributed by atoms with Crippen molar-refractivity contribution >= 4 is 138 Å². The highest BCUT2D eigenvalue weighted by molar-refractivity contribution is 8.76. The summed E-state index contributed by atoms with van der Waals surface area (Å²) in [5.74, 6) is -13.3. The van der Waals surface area contributed by atoms with Gasteiger partial charge in [0.05, 0.1) is 13.2 Å². The molecule has 4 N–H and O–H groups in total. The lowest BCUT2D eigenvalue weighted by molar-refractivity contribution is -0.311. The number of phenolic OH excluding ortho intramolecular Hbond substituents is 1. The molecule has 1 aromatic rings. The third-order valence-electron chi connectivity index (χ3n) is 13.3. The molecule has 9 unspecified atom stereocenters. The number of nitrogens with one attached hydrogen (secondary N) is 1. The van der Waals surface area contributed by atoms with Crippen LogP contribution in [0.1, 0.15) is 90.0 Å². The number of aliphatic imine (C=N–C) groups is 2. The second-order valence-electron chi connectivity index (χ2n) is 19.6. The van der Waals surface area contributed by atoms with Gasteiger partial charge >= 0.3 is 11.9 Å². The number of thioether (sulfide) groups is 1. The third-order valence-corrected chi connectivity index (χ3v) is 17.3. The number of ketones is 6. The quantitative estimate of drug-likeness (QED) is 0.0694. The van der Waals surface area contributed by atoms with Crippen LogP contribution in [-0.2, 0) is 63.8 Å². The standard InChI is InChI=1S/C51H64N4O16S5/c1-26(2)15-41(64)46-53-43(50(68)71-46)42(72)11-10-34(59)17-30(22-56)37(60)20-31-24-75-76-25-32(38(61)18-28(49(66)67)12-14-74-3)21-40(63)35(23-57)52-47(73)44-51(69)70-45(54-44)36-5-4-13-55(36)48(65)29(19-39(31)62)16-27-6-8-33(58)9-7-27/h6-9,26,28-32,35-36,43-44,56-58H,4-5,10-25H2,1-3H3,(H,52,73)(H,66,67)/p-1. The average Bonchev–Trinajstić information content (AvgIpc) is 4.13. The molecule has 2 bridgehead atoms. The molecule has 76 heavy (non-hydrogen) atoms. The molecule has 4 heterocycles. The molecular weight excluding hydrogens is 1080 g/mol. The van der Waals surface area contributed by atoms with Crippen molar-refractivity contribution < 1.29 is 77.8 Å². The maximum absolute atomic E-state index is 14.8. The zero-order chi connectivity index (χ0) is 55.8.